The SMILES string of the molecule is CCOc1cc(OC2CCc3c(-c4cccc(NC(=O)c5nc6c(n5C)CCN(CC57CCC(C(=O)O)(CC5)C7)C6)c4Cl)cccc32)c(Cl)c(F)c1CNC1(C(=O)O)CC1. The summed E-state index contributed by atoms with van der Waals surface area (Å²) in [6.07, 6.45) is 6.61. The summed E-state index contributed by atoms with van der Waals surface area (Å²) < 4.78 is 29.9. The van der Waals surface area contributed by atoms with Gasteiger partial charge in [0.05, 0.1) is 28.4 Å². The van der Waals surface area contributed by atoms with Crippen molar-refractivity contribution in [3.8, 4) is 22.6 Å². The van der Waals surface area contributed by atoms with E-state index < -0.39 is 34.8 Å². The summed E-state index contributed by atoms with van der Waals surface area (Å²) in [5.74, 6) is -2.06. The zero-order valence-electron chi connectivity index (χ0n) is 33.6. The Balaban J connectivity index is 0.903. The van der Waals surface area contributed by atoms with Gasteiger partial charge >= 0.3 is 11.9 Å². The van der Waals surface area contributed by atoms with E-state index in [-0.39, 0.29) is 46.6 Å². The number of hydrogen-bond donors (Lipinski definition) is 4. The van der Waals surface area contributed by atoms with Crippen LogP contribution in [0.1, 0.15) is 103 Å². The van der Waals surface area contributed by atoms with E-state index in [2.05, 4.69) is 15.5 Å². The van der Waals surface area contributed by atoms with E-state index in [4.69, 9.17) is 37.7 Å². The molecule has 0 spiro atoms. The molecule has 15 heteroatoms. The van der Waals surface area contributed by atoms with Crippen LogP contribution in [0.5, 0.6) is 11.5 Å². The van der Waals surface area contributed by atoms with Crippen LogP contribution in [0.15, 0.2) is 42.5 Å². The van der Waals surface area contributed by atoms with Crippen LogP contribution in [0.2, 0.25) is 10.0 Å². The third kappa shape index (κ3) is 7.00. The number of carboxylic acids is 2. The van der Waals surface area contributed by atoms with Crippen LogP contribution in [-0.4, -0.2) is 67.7 Å². The molecular formula is C45H48Cl2FN5O7. The van der Waals surface area contributed by atoms with Crippen LogP contribution in [0.4, 0.5) is 10.1 Å². The average molecular weight is 861 g/mol. The summed E-state index contributed by atoms with van der Waals surface area (Å²) in [4.78, 5) is 44.8. The lowest BCUT2D eigenvalue weighted by Crippen LogP contribution is -2.39. The molecule has 2 bridgehead atoms. The summed E-state index contributed by atoms with van der Waals surface area (Å²) in [5, 5.41) is 25.6. The molecule has 0 saturated heterocycles. The Labute approximate surface area is 357 Å². The number of nitrogens with zero attached hydrogens (tertiary/aromatic N) is 3. The first-order valence-electron chi connectivity index (χ1n) is 20.8. The molecule has 3 saturated carbocycles. The Morgan fingerprint density at radius 3 is 2.42 bits per heavy atom. The quantitative estimate of drug-likeness (QED) is 0.0973. The zero-order chi connectivity index (χ0) is 42.1. The monoisotopic (exact) mass is 859 g/mol. The number of halogens is 3. The number of anilines is 1. The van der Waals surface area contributed by atoms with Gasteiger partial charge in [-0.1, -0.05) is 53.5 Å². The van der Waals surface area contributed by atoms with Crippen LogP contribution in [0.3, 0.4) is 0 Å². The van der Waals surface area contributed by atoms with Crippen LogP contribution < -0.4 is 20.1 Å². The maximum absolute atomic E-state index is 15.9. The molecule has 4 aliphatic carbocycles. The van der Waals surface area contributed by atoms with E-state index in [1.807, 2.05) is 41.9 Å². The molecule has 12 nitrogen and oxygen atoms in total. The minimum atomic E-state index is -1.06. The van der Waals surface area contributed by atoms with Crippen LogP contribution in [-0.2, 0) is 42.6 Å². The normalized spacial score (nSPS) is 23.6. The molecule has 316 valence electrons. The highest BCUT2D eigenvalue weighted by Gasteiger charge is 2.58. The van der Waals surface area contributed by atoms with E-state index in [1.165, 1.54) is 0 Å². The fraction of sp³-hybridized carbons (Fsp3) is 0.467. The number of nitrogens with one attached hydrogen (secondary N) is 2. The number of imidazole rings is 1. The van der Waals surface area contributed by atoms with Gasteiger partial charge in [0, 0.05) is 62.5 Å². The van der Waals surface area contributed by atoms with Gasteiger partial charge in [-0.05, 0) is 92.9 Å². The van der Waals surface area contributed by atoms with E-state index in [0.717, 1.165) is 85.3 Å². The Kier molecular flexibility index (Phi) is 10.4. The number of benzene rings is 3. The number of carboxylic acid groups (broad SMARTS) is 2. The van der Waals surface area contributed by atoms with E-state index in [1.54, 1.807) is 19.1 Å². The van der Waals surface area contributed by atoms with Crippen molar-refractivity contribution in [3.05, 3.63) is 92.2 Å². The van der Waals surface area contributed by atoms with Gasteiger partial charge in [-0.3, -0.25) is 24.6 Å². The van der Waals surface area contributed by atoms with Crippen LogP contribution in [0.25, 0.3) is 11.1 Å². The lowest BCUT2D eigenvalue weighted by Gasteiger charge is -2.35. The summed E-state index contributed by atoms with van der Waals surface area (Å²) in [7, 11) is 1.87. The Morgan fingerprint density at radius 2 is 1.72 bits per heavy atom. The highest BCUT2D eigenvalue weighted by molar-refractivity contribution is 6.36. The number of aliphatic carboxylic acids is 2. The third-order valence-electron chi connectivity index (χ3n) is 13.9. The molecule has 4 aromatic rings. The number of aromatic nitrogens is 2. The molecule has 2 heterocycles. The van der Waals surface area contributed by atoms with Gasteiger partial charge in [-0.25, -0.2) is 9.37 Å². The van der Waals surface area contributed by atoms with Crippen LogP contribution >= 0.6 is 23.2 Å². The standard InChI is InChI=1S/C45H48Cl2FN5O7/c1-3-59-34-20-35(37(47)38(48)29(34)21-49-45(17-18-45)42(57)58)60-33-11-10-26-25(6-4-7-27(26)33)28-8-5-9-30(36(28)46)51-40(54)39-50-31-22-53(19-12-32(31)52(39)2)24-43-13-15-44(23-43,16-14-43)41(55)56/h4-9,20,33,49H,3,10-19,21-24H2,1-2H3,(H,51,54)(H,55,56)(H,57,58). The molecule has 1 atom stereocenters. The first-order valence-corrected chi connectivity index (χ1v) is 21.5. The number of carbonyl (C=O) groups excluding carboxylic acids is 1. The number of fused-ring (bicyclic) bond motifs is 4. The van der Waals surface area contributed by atoms with E-state index in [0.29, 0.717) is 48.8 Å². The van der Waals surface area contributed by atoms with E-state index >= 15 is 4.39 Å². The van der Waals surface area contributed by atoms with E-state index in [9.17, 15) is 24.6 Å². The fourth-order valence-corrected chi connectivity index (χ4v) is 10.9. The fourth-order valence-electron chi connectivity index (χ4n) is 10.4. The summed E-state index contributed by atoms with van der Waals surface area (Å²) in [6, 6.07) is 13.0. The maximum atomic E-state index is 15.9. The van der Waals surface area contributed by atoms with Crippen LogP contribution in [0, 0.1) is 16.6 Å². The smallest absolute Gasteiger partial charge is 0.323 e. The lowest BCUT2D eigenvalue weighted by molar-refractivity contribution is -0.148. The molecule has 4 N–H and O–H groups in total. The zero-order valence-corrected chi connectivity index (χ0v) is 35.1. The van der Waals surface area contributed by atoms with Crippen molar-refractivity contribution < 1.29 is 38.5 Å². The predicted molar refractivity (Wildman–Crippen MR) is 223 cm³/mol. The van der Waals surface area contributed by atoms with Gasteiger partial charge in [0.25, 0.3) is 5.91 Å². The molecule has 1 aliphatic heterocycles. The molecule has 9 rings (SSSR count). The highest BCUT2D eigenvalue weighted by atomic mass is 35.5. The van der Waals surface area contributed by atoms with Gasteiger partial charge in [0.15, 0.2) is 11.6 Å². The average Bonchev–Trinajstić information content (AvgIpc) is 3.45. The van der Waals surface area contributed by atoms with Gasteiger partial charge in [0.1, 0.15) is 28.2 Å². The molecule has 3 aromatic carbocycles. The van der Waals surface area contributed by atoms with Gasteiger partial charge in [-0.2, -0.15) is 0 Å². The summed E-state index contributed by atoms with van der Waals surface area (Å²) >= 11 is 13.7. The van der Waals surface area contributed by atoms with Crippen molar-refractivity contribution in [3.63, 3.8) is 0 Å². The maximum Gasteiger partial charge on any atom is 0.323 e. The van der Waals surface area contributed by atoms with Crippen molar-refractivity contribution in [2.75, 3.05) is 25.0 Å². The summed E-state index contributed by atoms with van der Waals surface area (Å²) in [5.41, 5.74) is 4.45. The molecule has 0 radical (unpaired) electrons. The molecular weight excluding hydrogens is 812 g/mol. The second kappa shape index (κ2) is 15.3. The molecule has 1 unspecified atom stereocenters. The number of amides is 1. The molecule has 5 aliphatic rings. The number of rotatable bonds is 14. The molecule has 1 amide bonds. The van der Waals surface area contributed by atoms with Crippen molar-refractivity contribution in [1.29, 1.82) is 0 Å². The number of carbonyl (C=O) groups is 3. The van der Waals surface area contributed by atoms with Crippen molar-refractivity contribution in [1.82, 2.24) is 19.8 Å². The van der Waals surface area contributed by atoms with Gasteiger partial charge < -0.3 is 29.6 Å². The highest BCUT2D eigenvalue weighted by Crippen LogP contribution is 2.62. The third-order valence-corrected chi connectivity index (χ3v) is 14.6. The topological polar surface area (TPSA) is 155 Å². The van der Waals surface area contributed by atoms with Crippen molar-refractivity contribution >= 4 is 46.7 Å². The minimum absolute atomic E-state index is 0.0386. The predicted octanol–water partition coefficient (Wildman–Crippen LogP) is 8.35. The molecule has 60 heavy (non-hydrogen) atoms. The molecule has 3 fully saturated rings. The number of hydrogen-bond acceptors (Lipinski definition) is 8. The van der Waals surface area contributed by atoms with Gasteiger partial charge in [0.2, 0.25) is 0 Å². The number of ether oxygens (including phenoxy) is 2. The lowest BCUT2D eigenvalue weighted by atomic mass is 9.81. The molecule has 1 aromatic heterocycles. The summed E-state index contributed by atoms with van der Waals surface area (Å²) in [6.45, 7) is 4.27. The second-order valence-corrected chi connectivity index (χ2v) is 18.2. The van der Waals surface area contributed by atoms with Gasteiger partial charge in [-0.15, -0.1) is 0 Å². The first-order chi connectivity index (χ1) is 28.8. The first kappa shape index (κ1) is 40.7. The van der Waals surface area contributed by atoms with Crippen molar-refractivity contribution in [2.45, 2.75) is 95.9 Å². The largest absolute Gasteiger partial charge is 0.493 e. The van der Waals surface area contributed by atoms with Crippen molar-refractivity contribution in [2.24, 2.45) is 17.9 Å². The Bertz CT molecular complexity index is 2420. The Morgan fingerprint density at radius 1 is 0.967 bits per heavy atom. The Hall–Kier alpha value is -4.69. The second-order valence-electron chi connectivity index (χ2n) is 17.4. The minimum Gasteiger partial charge on any atom is -0.493 e.